The van der Waals surface area contributed by atoms with E-state index >= 15 is 0 Å². The van der Waals surface area contributed by atoms with Crippen molar-refractivity contribution in [2.75, 3.05) is 4.90 Å². The van der Waals surface area contributed by atoms with E-state index in [-0.39, 0.29) is 0 Å². The highest BCUT2D eigenvalue weighted by Gasteiger charge is 2.18. The highest BCUT2D eigenvalue weighted by Crippen LogP contribution is 2.43. The van der Waals surface area contributed by atoms with Crippen molar-refractivity contribution in [2.45, 2.75) is 0 Å². The third kappa shape index (κ3) is 5.72. The third-order valence-electron chi connectivity index (χ3n) is 11.6. The minimum atomic E-state index is 1.10. The minimum absolute atomic E-state index is 1.10. The lowest BCUT2D eigenvalue weighted by atomic mass is 9.93. The molecule has 0 heterocycles. The van der Waals surface area contributed by atoms with Gasteiger partial charge in [-0.25, -0.2) is 0 Å². The summed E-state index contributed by atoms with van der Waals surface area (Å²) in [6.07, 6.45) is 0. The van der Waals surface area contributed by atoms with Gasteiger partial charge in [0.25, 0.3) is 0 Å². The smallest absolute Gasteiger partial charge is 0.0540 e. The monoisotopic (exact) mass is 723 g/mol. The molecule has 0 saturated carbocycles. The SMILES string of the molecule is c1ccc(-c2ccccc2N(c2ccc(-c3ccc4c(ccc5c6ccccc6ccc45)c3)cc2)c2ccc(-c3cc4ccccc4c4ccccc34)cc2)cc1. The second-order valence-electron chi connectivity index (χ2n) is 14.9. The average Bonchev–Trinajstić information content (AvgIpc) is 3.29. The van der Waals surface area contributed by atoms with Gasteiger partial charge in [0.1, 0.15) is 0 Å². The largest absolute Gasteiger partial charge is 0.310 e. The van der Waals surface area contributed by atoms with Crippen LogP contribution in [0, 0.1) is 0 Å². The molecule has 0 N–H and O–H groups in total. The van der Waals surface area contributed by atoms with Crippen LogP contribution in [-0.2, 0) is 0 Å². The number of benzene rings is 11. The number of rotatable bonds is 6. The second kappa shape index (κ2) is 13.7. The van der Waals surface area contributed by atoms with Gasteiger partial charge in [-0.2, -0.15) is 0 Å². The summed E-state index contributed by atoms with van der Waals surface area (Å²) >= 11 is 0. The molecule has 0 aromatic heterocycles. The number of para-hydroxylation sites is 1. The van der Waals surface area contributed by atoms with Crippen LogP contribution in [0.5, 0.6) is 0 Å². The summed E-state index contributed by atoms with van der Waals surface area (Å²) in [6, 6.07) is 82.0. The van der Waals surface area contributed by atoms with Gasteiger partial charge in [-0.05, 0) is 124 Å². The Bertz CT molecular complexity index is 3270. The van der Waals surface area contributed by atoms with Crippen LogP contribution in [0.3, 0.4) is 0 Å². The van der Waals surface area contributed by atoms with Gasteiger partial charge in [0.15, 0.2) is 0 Å². The summed E-state index contributed by atoms with van der Waals surface area (Å²) in [4.78, 5) is 2.39. The number of anilines is 3. The van der Waals surface area contributed by atoms with E-state index < -0.39 is 0 Å². The van der Waals surface area contributed by atoms with Crippen LogP contribution in [0.15, 0.2) is 224 Å². The lowest BCUT2D eigenvalue weighted by molar-refractivity contribution is 1.28. The van der Waals surface area contributed by atoms with Crippen molar-refractivity contribution in [2.24, 2.45) is 0 Å². The van der Waals surface area contributed by atoms with Crippen LogP contribution in [0.1, 0.15) is 0 Å². The van der Waals surface area contributed by atoms with Gasteiger partial charge in [-0.3, -0.25) is 0 Å². The maximum Gasteiger partial charge on any atom is 0.0540 e. The first kappa shape index (κ1) is 32.9. The van der Waals surface area contributed by atoms with Crippen LogP contribution < -0.4 is 4.90 Å². The molecular formula is C56H37N. The molecule has 0 amide bonds. The highest BCUT2D eigenvalue weighted by atomic mass is 15.1. The molecule has 0 fully saturated rings. The number of fused-ring (bicyclic) bond motifs is 8. The zero-order chi connectivity index (χ0) is 37.7. The molecule has 0 aliphatic carbocycles. The summed E-state index contributed by atoms with van der Waals surface area (Å²) in [5.41, 5.74) is 10.5. The number of hydrogen-bond donors (Lipinski definition) is 0. The standard InChI is InChI=1S/C56H37N/c1-2-12-39(13-3-1)50-18-10-11-21-56(50)57(46-31-24-41(25-32-46)55-37-43-15-5-7-17-48(43)51-19-8-9-20-52(51)55)45-29-22-38(23-30-45)42-27-33-49-44(36-42)28-35-53-47-16-6-4-14-40(47)26-34-54(49)53/h1-37H. The van der Waals surface area contributed by atoms with E-state index in [4.69, 9.17) is 0 Å². The van der Waals surface area contributed by atoms with Crippen molar-refractivity contribution in [3.63, 3.8) is 0 Å². The van der Waals surface area contributed by atoms with E-state index in [1.54, 1.807) is 0 Å². The van der Waals surface area contributed by atoms with Gasteiger partial charge in [0, 0.05) is 16.9 Å². The summed E-state index contributed by atoms with van der Waals surface area (Å²) in [6.45, 7) is 0. The van der Waals surface area contributed by atoms with Gasteiger partial charge in [-0.1, -0.05) is 182 Å². The molecule has 0 unspecified atom stereocenters. The third-order valence-corrected chi connectivity index (χ3v) is 11.6. The fourth-order valence-electron chi connectivity index (χ4n) is 8.85. The van der Waals surface area contributed by atoms with E-state index in [2.05, 4.69) is 229 Å². The van der Waals surface area contributed by atoms with Crippen LogP contribution in [-0.4, -0.2) is 0 Å². The first-order valence-corrected chi connectivity index (χ1v) is 19.7. The summed E-state index contributed by atoms with van der Waals surface area (Å²) in [7, 11) is 0. The Hall–Kier alpha value is -7.48. The van der Waals surface area contributed by atoms with Crippen LogP contribution >= 0.6 is 0 Å². The Morgan fingerprint density at radius 1 is 0.228 bits per heavy atom. The summed E-state index contributed by atoms with van der Waals surface area (Å²) in [5, 5.41) is 12.8. The van der Waals surface area contributed by atoms with Gasteiger partial charge in [0.05, 0.1) is 5.69 Å². The first-order chi connectivity index (χ1) is 28.3. The minimum Gasteiger partial charge on any atom is -0.310 e. The van der Waals surface area contributed by atoms with Crippen molar-refractivity contribution in [3.05, 3.63) is 224 Å². The van der Waals surface area contributed by atoms with Crippen LogP contribution in [0.2, 0.25) is 0 Å². The fraction of sp³-hybridized carbons (Fsp3) is 0. The van der Waals surface area contributed by atoms with E-state index in [1.807, 2.05) is 0 Å². The van der Waals surface area contributed by atoms with Crippen molar-refractivity contribution >= 4 is 70.9 Å². The molecule has 57 heavy (non-hydrogen) atoms. The quantitative estimate of drug-likeness (QED) is 0.154. The molecular weight excluding hydrogens is 687 g/mol. The Kier molecular flexibility index (Phi) is 7.89. The van der Waals surface area contributed by atoms with Crippen molar-refractivity contribution < 1.29 is 0 Å². The van der Waals surface area contributed by atoms with Gasteiger partial charge >= 0.3 is 0 Å². The molecule has 0 atom stereocenters. The van der Waals surface area contributed by atoms with Gasteiger partial charge in [-0.15, -0.1) is 0 Å². The molecule has 0 aliphatic rings. The molecule has 1 nitrogen and oxygen atoms in total. The molecule has 266 valence electrons. The molecule has 0 spiro atoms. The van der Waals surface area contributed by atoms with E-state index in [0.717, 1.165) is 17.1 Å². The van der Waals surface area contributed by atoms with Gasteiger partial charge < -0.3 is 4.90 Å². The molecule has 11 aromatic rings. The molecule has 11 rings (SSSR count). The summed E-state index contributed by atoms with van der Waals surface area (Å²) in [5.74, 6) is 0. The molecule has 0 saturated heterocycles. The summed E-state index contributed by atoms with van der Waals surface area (Å²) < 4.78 is 0. The van der Waals surface area contributed by atoms with Crippen molar-refractivity contribution in [3.8, 4) is 33.4 Å². The van der Waals surface area contributed by atoms with E-state index in [0.29, 0.717) is 0 Å². The lowest BCUT2D eigenvalue weighted by Gasteiger charge is -2.28. The average molecular weight is 724 g/mol. The zero-order valence-electron chi connectivity index (χ0n) is 31.3. The fourth-order valence-corrected chi connectivity index (χ4v) is 8.85. The highest BCUT2D eigenvalue weighted by molar-refractivity contribution is 6.18. The van der Waals surface area contributed by atoms with Crippen molar-refractivity contribution in [1.82, 2.24) is 0 Å². The molecule has 0 radical (unpaired) electrons. The number of hydrogen-bond acceptors (Lipinski definition) is 1. The first-order valence-electron chi connectivity index (χ1n) is 19.7. The van der Waals surface area contributed by atoms with E-state index in [1.165, 1.54) is 87.2 Å². The molecule has 11 aromatic carbocycles. The zero-order valence-corrected chi connectivity index (χ0v) is 31.3. The second-order valence-corrected chi connectivity index (χ2v) is 14.9. The Balaban J connectivity index is 1.01. The van der Waals surface area contributed by atoms with Gasteiger partial charge in [0.2, 0.25) is 0 Å². The molecule has 0 bridgehead atoms. The van der Waals surface area contributed by atoms with Crippen molar-refractivity contribution in [1.29, 1.82) is 0 Å². The maximum atomic E-state index is 2.39. The van der Waals surface area contributed by atoms with Crippen LogP contribution in [0.25, 0.3) is 87.2 Å². The predicted molar refractivity (Wildman–Crippen MR) is 245 cm³/mol. The molecule has 0 aliphatic heterocycles. The topological polar surface area (TPSA) is 3.24 Å². The Morgan fingerprint density at radius 3 is 1.42 bits per heavy atom. The Morgan fingerprint density at radius 2 is 0.684 bits per heavy atom. The molecule has 1 heteroatoms. The van der Waals surface area contributed by atoms with E-state index in [9.17, 15) is 0 Å². The lowest BCUT2D eigenvalue weighted by Crippen LogP contribution is -2.11. The Labute approximate surface area is 332 Å². The van der Waals surface area contributed by atoms with Crippen LogP contribution in [0.4, 0.5) is 17.1 Å². The normalized spacial score (nSPS) is 11.5. The maximum absolute atomic E-state index is 2.39. The number of nitrogens with zero attached hydrogens (tertiary/aromatic N) is 1. The predicted octanol–water partition coefficient (Wildman–Crippen LogP) is 15.9.